The van der Waals surface area contributed by atoms with E-state index in [9.17, 15) is 0 Å². The van der Waals surface area contributed by atoms with Crippen LogP contribution < -0.4 is 11.1 Å². The van der Waals surface area contributed by atoms with Crippen LogP contribution in [0.5, 0.6) is 0 Å². The van der Waals surface area contributed by atoms with Crippen LogP contribution in [0.1, 0.15) is 6.92 Å². The summed E-state index contributed by atoms with van der Waals surface area (Å²) in [5.74, 6) is 0. The summed E-state index contributed by atoms with van der Waals surface area (Å²) in [4.78, 5) is 0. The maximum absolute atomic E-state index is 5.25. The lowest BCUT2D eigenvalue weighted by Gasteiger charge is -2.04. The number of rotatable bonds is 12. The van der Waals surface area contributed by atoms with Gasteiger partial charge < -0.3 is 24.8 Å². The summed E-state index contributed by atoms with van der Waals surface area (Å²) < 4.78 is 15.4. The highest BCUT2D eigenvalue weighted by Crippen LogP contribution is 2.11. The van der Waals surface area contributed by atoms with E-state index in [1.165, 1.54) is 0 Å². The normalized spacial score (nSPS) is 12.1. The van der Waals surface area contributed by atoms with Crippen LogP contribution in [0.15, 0.2) is 12.2 Å². The van der Waals surface area contributed by atoms with Crippen LogP contribution in [0.25, 0.3) is 0 Å². The zero-order valence-electron chi connectivity index (χ0n) is 9.91. The molecular weight excluding hydrogens is 227 g/mol. The topological polar surface area (TPSA) is 65.7 Å². The third kappa shape index (κ3) is 14.0. The standard InChI is InChI=1S/C10H23N2O3P/c1-2-13-8-4-3-6-12-7-10-15-16-14-9-5-11/h3-4,12,16H,2,5-11H2,1H3. The summed E-state index contributed by atoms with van der Waals surface area (Å²) in [7, 11) is 0.0931. The van der Waals surface area contributed by atoms with E-state index in [2.05, 4.69) is 5.32 Å². The highest BCUT2D eigenvalue weighted by Gasteiger charge is 1.88. The average molecular weight is 250 g/mol. The van der Waals surface area contributed by atoms with Gasteiger partial charge in [-0.15, -0.1) is 0 Å². The molecule has 1 unspecified atom stereocenters. The van der Waals surface area contributed by atoms with Gasteiger partial charge in [0.1, 0.15) is 0 Å². The molecule has 0 heterocycles. The van der Waals surface area contributed by atoms with Crippen molar-refractivity contribution in [1.29, 1.82) is 0 Å². The van der Waals surface area contributed by atoms with E-state index >= 15 is 0 Å². The van der Waals surface area contributed by atoms with Gasteiger partial charge in [-0.1, -0.05) is 12.2 Å². The Morgan fingerprint density at radius 1 is 1.25 bits per heavy atom. The van der Waals surface area contributed by atoms with Gasteiger partial charge in [0.25, 0.3) is 0 Å². The molecule has 0 aliphatic heterocycles. The van der Waals surface area contributed by atoms with Crippen molar-refractivity contribution in [1.82, 2.24) is 5.32 Å². The lowest BCUT2D eigenvalue weighted by molar-refractivity contribution is 0.177. The molecule has 0 aliphatic rings. The average Bonchev–Trinajstić information content (AvgIpc) is 2.31. The van der Waals surface area contributed by atoms with Crippen molar-refractivity contribution in [3.05, 3.63) is 12.2 Å². The minimum absolute atomic E-state index is 0.0931. The highest BCUT2D eigenvalue weighted by molar-refractivity contribution is 7.26. The second-order valence-corrected chi connectivity index (χ2v) is 3.65. The largest absolute Gasteiger partial charge is 0.378 e. The Kier molecular flexibility index (Phi) is 14.9. The molecule has 0 aromatic rings. The second kappa shape index (κ2) is 15.0. The molecule has 0 spiro atoms. The van der Waals surface area contributed by atoms with Gasteiger partial charge in [0.15, 0.2) is 9.03 Å². The molecule has 0 amide bonds. The second-order valence-electron chi connectivity index (χ2n) is 2.90. The molecule has 0 saturated carbocycles. The quantitative estimate of drug-likeness (QED) is 0.303. The Morgan fingerprint density at radius 2 is 2.06 bits per heavy atom. The van der Waals surface area contributed by atoms with Crippen LogP contribution in [0, 0.1) is 0 Å². The molecule has 0 radical (unpaired) electrons. The van der Waals surface area contributed by atoms with Gasteiger partial charge in [-0.25, -0.2) is 0 Å². The van der Waals surface area contributed by atoms with Gasteiger partial charge in [0, 0.05) is 26.2 Å². The summed E-state index contributed by atoms with van der Waals surface area (Å²) in [5.41, 5.74) is 5.25. The number of hydrogen-bond donors (Lipinski definition) is 2. The zero-order chi connectivity index (χ0) is 11.9. The fourth-order valence-corrected chi connectivity index (χ4v) is 1.30. The van der Waals surface area contributed by atoms with E-state index in [1.54, 1.807) is 0 Å². The molecule has 0 aromatic heterocycles. The van der Waals surface area contributed by atoms with Gasteiger partial charge in [-0.3, -0.25) is 0 Å². The van der Waals surface area contributed by atoms with Crippen LogP contribution in [-0.4, -0.2) is 46.1 Å². The fraction of sp³-hybridized carbons (Fsp3) is 0.800. The lowest BCUT2D eigenvalue weighted by atomic mass is 10.5. The molecule has 0 rings (SSSR count). The molecule has 0 bridgehead atoms. The lowest BCUT2D eigenvalue weighted by Crippen LogP contribution is -2.18. The maximum Gasteiger partial charge on any atom is 0.155 e. The molecule has 0 fully saturated rings. The van der Waals surface area contributed by atoms with Crippen LogP contribution >= 0.6 is 9.03 Å². The Hall–Kier alpha value is -0.0300. The molecule has 96 valence electrons. The Labute approximate surface area is 99.7 Å². The summed E-state index contributed by atoms with van der Waals surface area (Å²) in [6, 6.07) is 0. The first-order chi connectivity index (χ1) is 7.91. The summed E-state index contributed by atoms with van der Waals surface area (Å²) in [6.07, 6.45) is 4.05. The van der Waals surface area contributed by atoms with Crippen molar-refractivity contribution >= 4 is 9.03 Å². The highest BCUT2D eigenvalue weighted by atomic mass is 31.1. The minimum Gasteiger partial charge on any atom is -0.378 e. The molecule has 0 aromatic carbocycles. The SMILES string of the molecule is CCOCC=CCNCCOPOCCN. The Bertz CT molecular complexity index is 159. The first-order valence-electron chi connectivity index (χ1n) is 5.54. The van der Waals surface area contributed by atoms with Gasteiger partial charge in [-0.2, -0.15) is 0 Å². The number of ether oxygens (including phenoxy) is 1. The fourth-order valence-electron chi connectivity index (χ4n) is 0.830. The molecule has 5 nitrogen and oxygen atoms in total. The molecule has 3 N–H and O–H groups in total. The number of nitrogens with one attached hydrogen (secondary N) is 1. The Balaban J connectivity index is 2.95. The van der Waals surface area contributed by atoms with Gasteiger partial charge >= 0.3 is 0 Å². The molecule has 0 saturated heterocycles. The van der Waals surface area contributed by atoms with Crippen molar-refractivity contribution < 1.29 is 13.8 Å². The number of hydrogen-bond acceptors (Lipinski definition) is 5. The van der Waals surface area contributed by atoms with Crippen molar-refractivity contribution in [3.8, 4) is 0 Å². The monoisotopic (exact) mass is 250 g/mol. The zero-order valence-corrected chi connectivity index (χ0v) is 10.9. The van der Waals surface area contributed by atoms with E-state index in [-0.39, 0.29) is 9.03 Å². The van der Waals surface area contributed by atoms with Crippen LogP contribution in [0.3, 0.4) is 0 Å². The predicted molar refractivity (Wildman–Crippen MR) is 67.8 cm³/mol. The van der Waals surface area contributed by atoms with E-state index in [1.807, 2.05) is 19.1 Å². The van der Waals surface area contributed by atoms with E-state index < -0.39 is 0 Å². The smallest absolute Gasteiger partial charge is 0.155 e. The van der Waals surface area contributed by atoms with E-state index in [0.29, 0.717) is 26.4 Å². The summed E-state index contributed by atoms with van der Waals surface area (Å²) in [6.45, 7) is 6.84. The van der Waals surface area contributed by atoms with Crippen molar-refractivity contribution in [3.63, 3.8) is 0 Å². The van der Waals surface area contributed by atoms with Crippen LogP contribution in [0.4, 0.5) is 0 Å². The van der Waals surface area contributed by atoms with Crippen LogP contribution in [-0.2, 0) is 13.8 Å². The molecule has 0 aliphatic carbocycles. The third-order valence-electron chi connectivity index (χ3n) is 1.57. The van der Waals surface area contributed by atoms with Crippen molar-refractivity contribution in [2.75, 3.05) is 46.1 Å². The van der Waals surface area contributed by atoms with E-state index in [4.69, 9.17) is 19.5 Å². The summed E-state index contributed by atoms with van der Waals surface area (Å²) >= 11 is 0. The summed E-state index contributed by atoms with van der Waals surface area (Å²) in [5, 5.41) is 3.21. The van der Waals surface area contributed by atoms with Crippen LogP contribution in [0.2, 0.25) is 0 Å². The number of nitrogens with two attached hydrogens (primary N) is 1. The first kappa shape index (κ1) is 16.0. The van der Waals surface area contributed by atoms with Crippen molar-refractivity contribution in [2.45, 2.75) is 6.92 Å². The Morgan fingerprint density at radius 3 is 2.81 bits per heavy atom. The third-order valence-corrected chi connectivity index (χ3v) is 2.21. The molecular formula is C10H23N2O3P. The molecule has 6 heteroatoms. The van der Waals surface area contributed by atoms with Gasteiger partial charge in [0.2, 0.25) is 0 Å². The molecule has 1 atom stereocenters. The van der Waals surface area contributed by atoms with Gasteiger partial charge in [-0.05, 0) is 6.92 Å². The first-order valence-corrected chi connectivity index (χ1v) is 6.35. The minimum atomic E-state index is 0.0931. The molecule has 16 heavy (non-hydrogen) atoms. The predicted octanol–water partition coefficient (Wildman–Crippen LogP) is 0.669. The van der Waals surface area contributed by atoms with Gasteiger partial charge in [0.05, 0.1) is 19.8 Å². The van der Waals surface area contributed by atoms with Crippen molar-refractivity contribution in [2.24, 2.45) is 5.73 Å². The maximum atomic E-state index is 5.25. The van der Waals surface area contributed by atoms with E-state index in [0.717, 1.165) is 19.7 Å².